The van der Waals surface area contributed by atoms with E-state index < -0.39 is 18.5 Å². The van der Waals surface area contributed by atoms with Crippen molar-refractivity contribution in [3.63, 3.8) is 0 Å². The molecule has 0 saturated carbocycles. The highest BCUT2D eigenvalue weighted by molar-refractivity contribution is 5.95. The lowest BCUT2D eigenvalue weighted by atomic mass is 9.92. The second-order valence-electron chi connectivity index (χ2n) is 6.85. The van der Waals surface area contributed by atoms with Gasteiger partial charge in [-0.15, -0.1) is 0 Å². The van der Waals surface area contributed by atoms with Crippen molar-refractivity contribution in [1.82, 2.24) is 4.57 Å². The van der Waals surface area contributed by atoms with Gasteiger partial charge in [0.15, 0.2) is 0 Å². The summed E-state index contributed by atoms with van der Waals surface area (Å²) in [6.45, 7) is 0.398. The Morgan fingerprint density at radius 3 is 2.59 bits per heavy atom. The van der Waals surface area contributed by atoms with E-state index in [0.29, 0.717) is 23.6 Å². The van der Waals surface area contributed by atoms with Crippen molar-refractivity contribution in [2.45, 2.75) is 38.0 Å². The standard InChI is InChI=1S/C21H18F3NO2/c22-21(23,24)12-15-6-9-20(26)25-18-8-7-17(10-16(18)11-19(15)25)27-13-14-4-2-1-3-5-14/h1-5,7-8,10-11,15H,6,9,12-13H2. The first-order valence-electron chi connectivity index (χ1n) is 8.83. The minimum absolute atomic E-state index is 0.129. The molecule has 6 heteroatoms. The average Bonchev–Trinajstić information content (AvgIpc) is 3.02. The van der Waals surface area contributed by atoms with Gasteiger partial charge in [-0.05, 0) is 36.2 Å². The number of benzene rings is 2. The lowest BCUT2D eigenvalue weighted by Crippen LogP contribution is -2.25. The van der Waals surface area contributed by atoms with Crippen LogP contribution < -0.4 is 4.74 Å². The van der Waals surface area contributed by atoms with E-state index in [9.17, 15) is 18.0 Å². The number of nitrogens with zero attached hydrogens (tertiary/aromatic N) is 1. The average molecular weight is 373 g/mol. The van der Waals surface area contributed by atoms with Gasteiger partial charge in [0.05, 0.1) is 11.9 Å². The van der Waals surface area contributed by atoms with E-state index in [0.717, 1.165) is 10.9 Å². The van der Waals surface area contributed by atoms with E-state index in [-0.39, 0.29) is 18.7 Å². The van der Waals surface area contributed by atoms with Crippen LogP contribution in [0.3, 0.4) is 0 Å². The molecule has 1 atom stereocenters. The summed E-state index contributed by atoms with van der Waals surface area (Å²) < 4.78 is 45.9. The maximum Gasteiger partial charge on any atom is 0.389 e. The van der Waals surface area contributed by atoms with Gasteiger partial charge >= 0.3 is 6.18 Å². The van der Waals surface area contributed by atoms with Crippen LogP contribution in [-0.2, 0) is 6.61 Å². The fraction of sp³-hybridized carbons (Fsp3) is 0.286. The van der Waals surface area contributed by atoms with E-state index in [1.165, 1.54) is 4.57 Å². The van der Waals surface area contributed by atoms with Crippen LogP contribution in [0.2, 0.25) is 0 Å². The minimum atomic E-state index is -4.25. The Hall–Kier alpha value is -2.76. The highest BCUT2D eigenvalue weighted by Crippen LogP contribution is 2.40. The van der Waals surface area contributed by atoms with Crippen LogP contribution in [0, 0.1) is 0 Å². The maximum absolute atomic E-state index is 12.9. The predicted octanol–water partition coefficient (Wildman–Crippen LogP) is 5.69. The molecule has 2 aromatic carbocycles. The van der Waals surface area contributed by atoms with Gasteiger partial charge in [-0.1, -0.05) is 30.3 Å². The second kappa shape index (κ2) is 6.76. The van der Waals surface area contributed by atoms with Crippen molar-refractivity contribution < 1.29 is 22.7 Å². The van der Waals surface area contributed by atoms with Gasteiger partial charge in [-0.2, -0.15) is 13.2 Å². The quantitative estimate of drug-likeness (QED) is 0.588. The summed E-state index contributed by atoms with van der Waals surface area (Å²) >= 11 is 0. The lowest BCUT2D eigenvalue weighted by Gasteiger charge is -2.25. The van der Waals surface area contributed by atoms with Crippen LogP contribution in [0.1, 0.15) is 41.2 Å². The van der Waals surface area contributed by atoms with Crippen LogP contribution >= 0.6 is 0 Å². The summed E-state index contributed by atoms with van der Waals surface area (Å²) in [6, 6.07) is 16.7. The first-order chi connectivity index (χ1) is 12.9. The molecule has 140 valence electrons. The Labute approximate surface area is 154 Å². The van der Waals surface area contributed by atoms with Crippen LogP contribution in [0.4, 0.5) is 13.2 Å². The molecule has 1 aliphatic heterocycles. The zero-order valence-corrected chi connectivity index (χ0v) is 14.5. The van der Waals surface area contributed by atoms with Crippen molar-refractivity contribution >= 4 is 16.8 Å². The molecule has 0 amide bonds. The number of hydrogen-bond acceptors (Lipinski definition) is 2. The Balaban J connectivity index is 1.64. The van der Waals surface area contributed by atoms with Crippen molar-refractivity contribution in [3.8, 4) is 5.75 Å². The lowest BCUT2D eigenvalue weighted by molar-refractivity contribution is -0.139. The fourth-order valence-corrected chi connectivity index (χ4v) is 3.67. The highest BCUT2D eigenvalue weighted by Gasteiger charge is 2.37. The number of ether oxygens (including phenoxy) is 1. The van der Waals surface area contributed by atoms with Gasteiger partial charge in [0, 0.05) is 23.4 Å². The molecule has 27 heavy (non-hydrogen) atoms. The number of fused-ring (bicyclic) bond motifs is 3. The number of rotatable bonds is 4. The second-order valence-corrected chi connectivity index (χ2v) is 6.85. The largest absolute Gasteiger partial charge is 0.489 e. The summed E-state index contributed by atoms with van der Waals surface area (Å²) in [6.07, 6.45) is -4.81. The summed E-state index contributed by atoms with van der Waals surface area (Å²) in [7, 11) is 0. The molecule has 0 bridgehead atoms. The summed E-state index contributed by atoms with van der Waals surface area (Å²) in [5.41, 5.74) is 2.10. The molecule has 0 saturated heterocycles. The van der Waals surface area contributed by atoms with Crippen molar-refractivity contribution in [2.75, 3.05) is 0 Å². The van der Waals surface area contributed by atoms with E-state index in [2.05, 4.69) is 0 Å². The molecule has 0 fully saturated rings. The first kappa shape index (κ1) is 17.6. The first-order valence-corrected chi connectivity index (χ1v) is 8.83. The molecular formula is C21H18F3NO2. The Bertz CT molecular complexity index is 976. The number of carbonyl (C=O) groups is 1. The molecule has 0 N–H and O–H groups in total. The predicted molar refractivity (Wildman–Crippen MR) is 96.0 cm³/mol. The molecular weight excluding hydrogens is 355 g/mol. The zero-order valence-electron chi connectivity index (χ0n) is 14.5. The van der Waals surface area contributed by atoms with Crippen LogP contribution in [0.5, 0.6) is 5.75 Å². The summed E-state index contributed by atoms with van der Waals surface area (Å²) in [5, 5.41) is 0.720. The molecule has 0 spiro atoms. The van der Waals surface area contributed by atoms with Gasteiger partial charge < -0.3 is 4.74 Å². The molecule has 2 heterocycles. The SMILES string of the molecule is O=C1CCC(CC(F)(F)F)c2cc3cc(OCc4ccccc4)ccc3n21. The molecule has 0 aliphatic carbocycles. The van der Waals surface area contributed by atoms with Gasteiger partial charge in [0.1, 0.15) is 12.4 Å². The Morgan fingerprint density at radius 2 is 1.85 bits per heavy atom. The molecule has 1 aromatic heterocycles. The number of alkyl halides is 3. The van der Waals surface area contributed by atoms with Crippen molar-refractivity contribution in [1.29, 1.82) is 0 Å². The molecule has 3 aromatic rings. The molecule has 0 radical (unpaired) electrons. The van der Waals surface area contributed by atoms with Crippen molar-refractivity contribution in [3.05, 3.63) is 65.9 Å². The smallest absolute Gasteiger partial charge is 0.389 e. The third-order valence-corrected chi connectivity index (χ3v) is 4.90. The third-order valence-electron chi connectivity index (χ3n) is 4.90. The summed E-state index contributed by atoms with van der Waals surface area (Å²) in [4.78, 5) is 12.3. The zero-order chi connectivity index (χ0) is 19.0. The molecule has 1 unspecified atom stereocenters. The number of halogens is 3. The number of hydrogen-bond donors (Lipinski definition) is 0. The minimum Gasteiger partial charge on any atom is -0.489 e. The van der Waals surface area contributed by atoms with E-state index in [1.807, 2.05) is 30.3 Å². The van der Waals surface area contributed by atoms with E-state index in [1.54, 1.807) is 24.3 Å². The maximum atomic E-state index is 12.9. The van der Waals surface area contributed by atoms with Crippen LogP contribution in [0.15, 0.2) is 54.6 Å². The van der Waals surface area contributed by atoms with Crippen LogP contribution in [-0.4, -0.2) is 16.7 Å². The van der Waals surface area contributed by atoms with Gasteiger partial charge in [0.25, 0.3) is 0 Å². The van der Waals surface area contributed by atoms with E-state index >= 15 is 0 Å². The number of aromatic nitrogens is 1. The monoisotopic (exact) mass is 373 g/mol. The van der Waals surface area contributed by atoms with E-state index in [4.69, 9.17) is 4.74 Å². The highest BCUT2D eigenvalue weighted by atomic mass is 19.4. The number of carbonyl (C=O) groups excluding carboxylic acids is 1. The third kappa shape index (κ3) is 3.70. The summed E-state index contributed by atoms with van der Waals surface area (Å²) in [5.74, 6) is -0.228. The van der Waals surface area contributed by atoms with Gasteiger partial charge in [0.2, 0.25) is 5.91 Å². The Kier molecular flexibility index (Phi) is 4.42. The van der Waals surface area contributed by atoms with Crippen molar-refractivity contribution in [2.24, 2.45) is 0 Å². The van der Waals surface area contributed by atoms with Gasteiger partial charge in [-0.3, -0.25) is 9.36 Å². The fourth-order valence-electron chi connectivity index (χ4n) is 3.67. The molecule has 1 aliphatic rings. The topological polar surface area (TPSA) is 31.2 Å². The molecule has 3 nitrogen and oxygen atoms in total. The molecule has 4 rings (SSSR count). The van der Waals surface area contributed by atoms with Crippen LogP contribution in [0.25, 0.3) is 10.9 Å². The normalized spacial score (nSPS) is 17.1. The van der Waals surface area contributed by atoms with Gasteiger partial charge in [-0.25, -0.2) is 0 Å². The Morgan fingerprint density at radius 1 is 1.07 bits per heavy atom.